The fraction of sp³-hybridized carbons (Fsp3) is 0.294. The fourth-order valence-corrected chi connectivity index (χ4v) is 2.56. The Bertz CT molecular complexity index is 572. The predicted octanol–water partition coefficient (Wildman–Crippen LogP) is 3.39. The molecule has 0 saturated heterocycles. The Morgan fingerprint density at radius 2 is 1.86 bits per heavy atom. The minimum atomic E-state index is -0.544. The van der Waals surface area contributed by atoms with Gasteiger partial charge in [-0.15, -0.1) is 0 Å². The van der Waals surface area contributed by atoms with E-state index in [2.05, 4.69) is 0 Å². The zero-order valence-electron chi connectivity index (χ0n) is 12.0. The van der Waals surface area contributed by atoms with Crippen LogP contribution in [0.5, 0.6) is 0 Å². The minimum absolute atomic E-state index is 0.0569. The van der Waals surface area contributed by atoms with E-state index in [1.54, 1.807) is 13.0 Å². The molecular weight excluding hydrogens is 286 g/mol. The Labute approximate surface area is 130 Å². The summed E-state index contributed by atoms with van der Waals surface area (Å²) < 4.78 is 0. The molecular formula is C17H20ClNO2. The van der Waals surface area contributed by atoms with Gasteiger partial charge in [-0.25, -0.2) is 0 Å². The van der Waals surface area contributed by atoms with E-state index in [4.69, 9.17) is 11.6 Å². The van der Waals surface area contributed by atoms with Crippen LogP contribution >= 0.6 is 11.6 Å². The second kappa shape index (κ2) is 7.46. The molecule has 0 radical (unpaired) electrons. The molecule has 2 N–H and O–H groups in total. The molecule has 0 heterocycles. The van der Waals surface area contributed by atoms with Gasteiger partial charge in [0.25, 0.3) is 0 Å². The molecule has 1 unspecified atom stereocenters. The summed E-state index contributed by atoms with van der Waals surface area (Å²) in [5, 5.41) is 19.5. The molecule has 112 valence electrons. The maximum absolute atomic E-state index is 9.60. The normalized spacial score (nSPS) is 12.2. The van der Waals surface area contributed by atoms with E-state index in [0.717, 1.165) is 16.8 Å². The average molecular weight is 306 g/mol. The molecule has 0 aliphatic carbocycles. The Hall–Kier alpha value is -1.55. The predicted molar refractivity (Wildman–Crippen MR) is 86.7 cm³/mol. The maximum atomic E-state index is 9.60. The SMILES string of the molecule is CC(O)c1ccc(N(CCO)Cc2ccccc2)c(Cl)c1. The molecule has 2 aromatic carbocycles. The molecule has 21 heavy (non-hydrogen) atoms. The molecule has 0 aliphatic heterocycles. The van der Waals surface area contributed by atoms with E-state index in [9.17, 15) is 10.2 Å². The molecule has 0 amide bonds. The Morgan fingerprint density at radius 1 is 1.14 bits per heavy atom. The van der Waals surface area contributed by atoms with Crippen molar-refractivity contribution in [1.29, 1.82) is 0 Å². The number of halogens is 1. The Kier molecular flexibility index (Phi) is 5.62. The standard InChI is InChI=1S/C17H20ClNO2/c1-13(21)15-7-8-17(16(18)11-15)19(9-10-20)12-14-5-3-2-4-6-14/h2-8,11,13,20-21H,9-10,12H2,1H3. The van der Waals surface area contributed by atoms with E-state index < -0.39 is 6.10 Å². The summed E-state index contributed by atoms with van der Waals surface area (Å²) in [4.78, 5) is 2.03. The number of anilines is 1. The maximum Gasteiger partial charge on any atom is 0.0762 e. The molecule has 0 saturated carbocycles. The van der Waals surface area contributed by atoms with Gasteiger partial charge in [-0.3, -0.25) is 0 Å². The summed E-state index contributed by atoms with van der Waals surface area (Å²) in [5.74, 6) is 0. The van der Waals surface area contributed by atoms with Crippen LogP contribution in [-0.4, -0.2) is 23.4 Å². The van der Waals surface area contributed by atoms with Crippen LogP contribution in [0.1, 0.15) is 24.2 Å². The highest BCUT2D eigenvalue weighted by Crippen LogP contribution is 2.30. The lowest BCUT2D eigenvalue weighted by molar-refractivity contribution is 0.199. The fourth-order valence-electron chi connectivity index (χ4n) is 2.25. The molecule has 1 atom stereocenters. The average Bonchev–Trinajstić information content (AvgIpc) is 2.48. The first-order valence-corrected chi connectivity index (χ1v) is 7.37. The van der Waals surface area contributed by atoms with E-state index in [1.807, 2.05) is 47.4 Å². The van der Waals surface area contributed by atoms with Crippen molar-refractivity contribution >= 4 is 17.3 Å². The molecule has 0 bridgehead atoms. The van der Waals surface area contributed by atoms with Crippen molar-refractivity contribution in [2.75, 3.05) is 18.1 Å². The van der Waals surface area contributed by atoms with Crippen molar-refractivity contribution in [3.8, 4) is 0 Å². The van der Waals surface area contributed by atoms with Gasteiger partial charge in [-0.2, -0.15) is 0 Å². The van der Waals surface area contributed by atoms with E-state index in [0.29, 0.717) is 18.1 Å². The molecule has 0 spiro atoms. The van der Waals surface area contributed by atoms with Gasteiger partial charge < -0.3 is 15.1 Å². The van der Waals surface area contributed by atoms with Crippen LogP contribution in [0.25, 0.3) is 0 Å². The van der Waals surface area contributed by atoms with Crippen molar-refractivity contribution in [3.63, 3.8) is 0 Å². The second-order valence-electron chi connectivity index (χ2n) is 5.02. The third kappa shape index (κ3) is 4.21. The van der Waals surface area contributed by atoms with Gasteiger partial charge in [0.15, 0.2) is 0 Å². The highest BCUT2D eigenvalue weighted by Gasteiger charge is 2.12. The van der Waals surface area contributed by atoms with Crippen LogP contribution in [0.2, 0.25) is 5.02 Å². The van der Waals surface area contributed by atoms with Crippen LogP contribution in [0.3, 0.4) is 0 Å². The number of aliphatic hydroxyl groups excluding tert-OH is 2. The number of rotatable bonds is 6. The number of nitrogens with zero attached hydrogens (tertiary/aromatic N) is 1. The lowest BCUT2D eigenvalue weighted by Gasteiger charge is -2.25. The van der Waals surface area contributed by atoms with Gasteiger partial charge in [0, 0.05) is 13.1 Å². The van der Waals surface area contributed by atoms with Gasteiger partial charge in [-0.1, -0.05) is 48.0 Å². The van der Waals surface area contributed by atoms with E-state index in [1.165, 1.54) is 0 Å². The van der Waals surface area contributed by atoms with Crippen molar-refractivity contribution < 1.29 is 10.2 Å². The topological polar surface area (TPSA) is 43.7 Å². The molecule has 2 aromatic rings. The van der Waals surface area contributed by atoms with Gasteiger partial charge in [0.2, 0.25) is 0 Å². The first kappa shape index (κ1) is 15.8. The summed E-state index contributed by atoms with van der Waals surface area (Å²) in [6, 6.07) is 15.6. The van der Waals surface area contributed by atoms with Gasteiger partial charge in [0.1, 0.15) is 0 Å². The number of aliphatic hydroxyl groups is 2. The lowest BCUT2D eigenvalue weighted by Crippen LogP contribution is -2.26. The Balaban J connectivity index is 2.25. The van der Waals surface area contributed by atoms with Gasteiger partial charge in [0.05, 0.1) is 23.4 Å². The molecule has 3 nitrogen and oxygen atoms in total. The van der Waals surface area contributed by atoms with Crippen LogP contribution in [-0.2, 0) is 6.54 Å². The Morgan fingerprint density at radius 3 is 2.43 bits per heavy atom. The summed E-state index contributed by atoms with van der Waals surface area (Å²) in [6.45, 7) is 2.94. The second-order valence-corrected chi connectivity index (χ2v) is 5.42. The molecule has 2 rings (SSSR count). The molecule has 4 heteroatoms. The summed E-state index contributed by atoms with van der Waals surface area (Å²) >= 11 is 6.34. The molecule has 0 aliphatic rings. The highest BCUT2D eigenvalue weighted by molar-refractivity contribution is 6.33. The third-order valence-electron chi connectivity index (χ3n) is 3.38. The largest absolute Gasteiger partial charge is 0.395 e. The number of hydrogen-bond donors (Lipinski definition) is 2. The van der Waals surface area contributed by atoms with E-state index in [-0.39, 0.29) is 6.61 Å². The van der Waals surface area contributed by atoms with Gasteiger partial charge >= 0.3 is 0 Å². The number of hydrogen-bond acceptors (Lipinski definition) is 3. The summed E-state index contributed by atoms with van der Waals surface area (Å²) in [6.07, 6.45) is -0.544. The van der Waals surface area contributed by atoms with Crippen LogP contribution in [0.4, 0.5) is 5.69 Å². The lowest BCUT2D eigenvalue weighted by atomic mass is 10.1. The van der Waals surface area contributed by atoms with E-state index >= 15 is 0 Å². The quantitative estimate of drug-likeness (QED) is 0.860. The smallest absolute Gasteiger partial charge is 0.0762 e. The summed E-state index contributed by atoms with van der Waals surface area (Å²) in [5.41, 5.74) is 2.80. The third-order valence-corrected chi connectivity index (χ3v) is 3.68. The van der Waals surface area contributed by atoms with Crippen LogP contribution < -0.4 is 4.90 Å². The summed E-state index contributed by atoms with van der Waals surface area (Å²) in [7, 11) is 0. The molecule has 0 fully saturated rings. The first-order chi connectivity index (χ1) is 10.1. The van der Waals surface area contributed by atoms with Crippen LogP contribution in [0.15, 0.2) is 48.5 Å². The zero-order chi connectivity index (χ0) is 15.2. The zero-order valence-corrected chi connectivity index (χ0v) is 12.8. The first-order valence-electron chi connectivity index (χ1n) is 6.99. The van der Waals surface area contributed by atoms with Crippen molar-refractivity contribution in [3.05, 3.63) is 64.7 Å². The van der Waals surface area contributed by atoms with Crippen molar-refractivity contribution in [1.82, 2.24) is 0 Å². The van der Waals surface area contributed by atoms with Gasteiger partial charge in [-0.05, 0) is 30.2 Å². The van der Waals surface area contributed by atoms with Crippen molar-refractivity contribution in [2.45, 2.75) is 19.6 Å². The monoisotopic (exact) mass is 305 g/mol. The number of benzene rings is 2. The van der Waals surface area contributed by atoms with Crippen molar-refractivity contribution in [2.24, 2.45) is 0 Å². The van der Waals surface area contributed by atoms with Crippen LogP contribution in [0, 0.1) is 0 Å². The minimum Gasteiger partial charge on any atom is -0.395 e. The molecule has 0 aromatic heterocycles. The highest BCUT2D eigenvalue weighted by atomic mass is 35.5.